The van der Waals surface area contributed by atoms with Gasteiger partial charge in [-0.15, -0.1) is 0 Å². The highest BCUT2D eigenvalue weighted by molar-refractivity contribution is 5.68. The van der Waals surface area contributed by atoms with Gasteiger partial charge in [-0.2, -0.15) is 0 Å². The van der Waals surface area contributed by atoms with E-state index in [-0.39, 0.29) is 0 Å². The normalized spacial score (nSPS) is 21.6. The van der Waals surface area contributed by atoms with Crippen LogP contribution in [0.2, 0.25) is 0 Å². The third-order valence-electron chi connectivity index (χ3n) is 1.55. The molecule has 0 saturated carbocycles. The van der Waals surface area contributed by atoms with Crippen LogP contribution >= 0.6 is 0 Å². The predicted molar refractivity (Wildman–Crippen MR) is 39.0 cm³/mol. The first-order chi connectivity index (χ1) is 4.97. The van der Waals surface area contributed by atoms with Gasteiger partial charge in [0.2, 0.25) is 0 Å². The lowest BCUT2D eigenvalue weighted by atomic mass is 10.1. The molecule has 50 valence electrons. The van der Waals surface area contributed by atoms with Gasteiger partial charge in [0.05, 0.1) is 13.2 Å². The van der Waals surface area contributed by atoms with Gasteiger partial charge in [0, 0.05) is 11.8 Å². The molecule has 10 heavy (non-hydrogen) atoms. The van der Waals surface area contributed by atoms with Crippen molar-refractivity contribution < 1.29 is 4.74 Å². The molecule has 2 nitrogen and oxygen atoms in total. The first-order valence-electron chi connectivity index (χ1n) is 3.22. The zero-order chi connectivity index (χ0) is 6.81. The number of aliphatic imine (C=N–C) groups is 1. The Labute approximate surface area is 59.2 Å². The minimum absolute atomic E-state index is 0.664. The van der Waals surface area contributed by atoms with Crippen LogP contribution in [0.1, 0.15) is 0 Å². The molecule has 2 aliphatic heterocycles. The molecule has 2 heteroatoms. The maximum atomic E-state index is 5.19. The van der Waals surface area contributed by atoms with Crippen LogP contribution in [0, 0.1) is 0 Å². The molecule has 0 unspecified atom stereocenters. The van der Waals surface area contributed by atoms with E-state index in [4.69, 9.17) is 4.74 Å². The molecule has 0 aromatic rings. The summed E-state index contributed by atoms with van der Waals surface area (Å²) in [6.07, 6.45) is 5.66. The average Bonchev–Trinajstić information content (AvgIpc) is 2.28. The van der Waals surface area contributed by atoms with Crippen LogP contribution < -0.4 is 0 Å². The van der Waals surface area contributed by atoms with E-state index < -0.39 is 0 Å². The van der Waals surface area contributed by atoms with Gasteiger partial charge in [0.15, 0.2) is 0 Å². The Bertz CT molecular complexity index is 267. The number of rotatable bonds is 0. The fraction of sp³-hybridized carbons (Fsp3) is 0.250. The molecule has 0 amide bonds. The van der Waals surface area contributed by atoms with E-state index in [1.807, 2.05) is 12.2 Å². The molecular formula is C8H7NO. The molecule has 0 radical (unpaired) electrons. The highest BCUT2D eigenvalue weighted by Gasteiger charge is 2.13. The summed E-state index contributed by atoms with van der Waals surface area (Å²) in [5.41, 5.74) is 2.29. The molecular weight excluding hydrogens is 126 g/mol. The molecule has 0 bridgehead atoms. The van der Waals surface area contributed by atoms with Crippen molar-refractivity contribution in [2.24, 2.45) is 4.99 Å². The van der Waals surface area contributed by atoms with Gasteiger partial charge >= 0.3 is 0 Å². The van der Waals surface area contributed by atoms with Crippen molar-refractivity contribution >= 4 is 5.87 Å². The summed E-state index contributed by atoms with van der Waals surface area (Å²) in [7, 11) is 0. The fourth-order valence-electron chi connectivity index (χ4n) is 1.01. The third-order valence-corrected chi connectivity index (χ3v) is 1.55. The average molecular weight is 133 g/mol. The monoisotopic (exact) mass is 133 g/mol. The van der Waals surface area contributed by atoms with Crippen molar-refractivity contribution in [3.63, 3.8) is 0 Å². The van der Waals surface area contributed by atoms with E-state index in [9.17, 15) is 0 Å². The van der Waals surface area contributed by atoms with Crippen molar-refractivity contribution in [1.29, 1.82) is 0 Å². The highest BCUT2D eigenvalue weighted by Crippen LogP contribution is 2.16. The summed E-state index contributed by atoms with van der Waals surface area (Å²) >= 11 is 0. The second-order valence-corrected chi connectivity index (χ2v) is 2.25. The first-order valence-corrected chi connectivity index (χ1v) is 3.22. The summed E-state index contributed by atoms with van der Waals surface area (Å²) in [6.45, 7) is 1.37. The van der Waals surface area contributed by atoms with Gasteiger partial charge in [0.25, 0.3) is 0 Å². The van der Waals surface area contributed by atoms with Crippen molar-refractivity contribution in [1.82, 2.24) is 0 Å². The van der Waals surface area contributed by atoms with Crippen molar-refractivity contribution in [3.8, 4) is 0 Å². The van der Waals surface area contributed by atoms with Gasteiger partial charge in [-0.05, 0) is 17.5 Å². The maximum Gasteiger partial charge on any atom is 0.0812 e. The number of ether oxygens (including phenoxy) is 1. The number of hydrogen-bond acceptors (Lipinski definition) is 2. The lowest BCUT2D eigenvalue weighted by molar-refractivity contribution is 0.215. The molecule has 1 saturated heterocycles. The summed E-state index contributed by atoms with van der Waals surface area (Å²) in [5, 5.41) is 0. The summed E-state index contributed by atoms with van der Waals surface area (Å²) < 4.78 is 5.19. The van der Waals surface area contributed by atoms with Crippen LogP contribution in [0.15, 0.2) is 34.5 Å². The fourth-order valence-corrected chi connectivity index (χ4v) is 1.01. The molecule has 2 heterocycles. The Morgan fingerprint density at radius 3 is 3.50 bits per heavy atom. The Kier molecular flexibility index (Phi) is 1.28. The molecule has 0 aromatic carbocycles. The van der Waals surface area contributed by atoms with Gasteiger partial charge in [-0.3, -0.25) is 0 Å². The second-order valence-electron chi connectivity index (χ2n) is 2.25. The summed E-state index contributed by atoms with van der Waals surface area (Å²) in [6, 6.07) is 0. The zero-order valence-corrected chi connectivity index (χ0v) is 5.50. The van der Waals surface area contributed by atoms with Crippen LogP contribution in [-0.4, -0.2) is 19.1 Å². The standard InChI is InChI=1S/C8H7NO/c1-2-7-5-10-6-8(7)4-9-3-1/h1-3H,5-6H2. The molecule has 0 spiro atoms. The van der Waals surface area contributed by atoms with Gasteiger partial charge in [-0.1, -0.05) is 6.08 Å². The van der Waals surface area contributed by atoms with Crippen LogP contribution in [0.5, 0.6) is 0 Å². The second kappa shape index (κ2) is 2.25. The van der Waals surface area contributed by atoms with E-state index in [2.05, 4.69) is 10.9 Å². The van der Waals surface area contributed by atoms with Crippen LogP contribution in [0.3, 0.4) is 0 Å². The lowest BCUT2D eigenvalue weighted by Gasteiger charge is -1.86. The Morgan fingerprint density at radius 1 is 1.50 bits per heavy atom. The Balaban J connectivity index is 2.48. The van der Waals surface area contributed by atoms with Crippen molar-refractivity contribution in [2.45, 2.75) is 0 Å². The lowest BCUT2D eigenvalue weighted by Crippen LogP contribution is -1.82. The van der Waals surface area contributed by atoms with Crippen LogP contribution in [0.25, 0.3) is 0 Å². The number of nitrogens with zero attached hydrogens (tertiary/aromatic N) is 1. The SMILES string of the molecule is C1=NC=CC=C2COCC=12. The van der Waals surface area contributed by atoms with E-state index in [0.717, 1.165) is 5.57 Å². The largest absolute Gasteiger partial charge is 0.371 e. The van der Waals surface area contributed by atoms with Gasteiger partial charge in [-0.25, -0.2) is 4.99 Å². The minimum Gasteiger partial charge on any atom is -0.371 e. The quantitative estimate of drug-likeness (QED) is 0.484. The van der Waals surface area contributed by atoms with Gasteiger partial charge < -0.3 is 4.74 Å². The smallest absolute Gasteiger partial charge is 0.0812 e. The Morgan fingerprint density at radius 2 is 2.50 bits per heavy atom. The number of fused-ring (bicyclic) bond motifs is 1. The molecule has 0 aliphatic carbocycles. The molecule has 0 N–H and O–H groups in total. The van der Waals surface area contributed by atoms with Gasteiger partial charge in [0.1, 0.15) is 0 Å². The molecule has 1 fully saturated rings. The summed E-state index contributed by atoms with van der Waals surface area (Å²) in [5.74, 6) is 2.91. The molecule has 2 aliphatic rings. The van der Waals surface area contributed by atoms with E-state index in [1.165, 1.54) is 5.57 Å². The third kappa shape index (κ3) is 0.838. The van der Waals surface area contributed by atoms with E-state index in [1.54, 1.807) is 6.20 Å². The summed E-state index contributed by atoms with van der Waals surface area (Å²) in [4.78, 5) is 3.91. The van der Waals surface area contributed by atoms with Crippen molar-refractivity contribution in [3.05, 3.63) is 29.5 Å². The molecule has 0 atom stereocenters. The van der Waals surface area contributed by atoms with E-state index in [0.29, 0.717) is 13.2 Å². The van der Waals surface area contributed by atoms with Crippen LogP contribution in [-0.2, 0) is 4.74 Å². The van der Waals surface area contributed by atoms with E-state index >= 15 is 0 Å². The maximum absolute atomic E-state index is 5.19. The molecule has 2 rings (SSSR count). The minimum atomic E-state index is 0.664. The highest BCUT2D eigenvalue weighted by atomic mass is 16.5. The van der Waals surface area contributed by atoms with Crippen molar-refractivity contribution in [2.75, 3.05) is 13.2 Å². The topological polar surface area (TPSA) is 21.6 Å². The molecule has 0 aromatic heterocycles. The Hall–Kier alpha value is -1.11. The van der Waals surface area contributed by atoms with Crippen LogP contribution in [0.4, 0.5) is 0 Å². The number of hydrogen-bond donors (Lipinski definition) is 0. The predicted octanol–water partition coefficient (Wildman–Crippen LogP) is 1.07. The zero-order valence-electron chi connectivity index (χ0n) is 5.50. The first kappa shape index (κ1) is 5.66. The number of allylic oxidation sites excluding steroid dienone is 2.